The van der Waals surface area contributed by atoms with E-state index in [0.717, 1.165) is 18.5 Å². The zero-order valence-corrected chi connectivity index (χ0v) is 11.9. The van der Waals surface area contributed by atoms with E-state index in [9.17, 15) is 0 Å². The lowest BCUT2D eigenvalue weighted by atomic mass is 9.93. The third-order valence-corrected chi connectivity index (χ3v) is 3.62. The molecule has 0 aromatic carbocycles. The minimum absolute atomic E-state index is 0.371. The standard InChI is InChI=1S/C13H29N3/c1-11-7-16(8-12(11)15(5)6)10-13(2,3)9-14-4/h11-12,14H,7-10H2,1-6H3. The van der Waals surface area contributed by atoms with Gasteiger partial charge in [-0.05, 0) is 32.5 Å². The lowest BCUT2D eigenvalue weighted by Crippen LogP contribution is -2.40. The first-order chi connectivity index (χ1) is 7.35. The van der Waals surface area contributed by atoms with E-state index >= 15 is 0 Å². The molecule has 16 heavy (non-hydrogen) atoms. The van der Waals surface area contributed by atoms with Gasteiger partial charge in [-0.3, -0.25) is 0 Å². The number of likely N-dealkylation sites (tertiary alicyclic amines) is 1. The van der Waals surface area contributed by atoms with Crippen molar-refractivity contribution in [3.05, 3.63) is 0 Å². The van der Waals surface area contributed by atoms with Crippen molar-refractivity contribution in [1.82, 2.24) is 15.1 Å². The van der Waals surface area contributed by atoms with E-state index in [1.165, 1.54) is 19.6 Å². The molecule has 1 aliphatic rings. The van der Waals surface area contributed by atoms with Crippen LogP contribution in [0.15, 0.2) is 0 Å². The average Bonchev–Trinajstić information content (AvgIpc) is 2.45. The van der Waals surface area contributed by atoms with E-state index < -0.39 is 0 Å². The Hall–Kier alpha value is -0.120. The van der Waals surface area contributed by atoms with Crippen LogP contribution in [0.3, 0.4) is 0 Å². The molecule has 1 rings (SSSR count). The van der Waals surface area contributed by atoms with Crippen LogP contribution in [0, 0.1) is 11.3 Å². The van der Waals surface area contributed by atoms with E-state index in [-0.39, 0.29) is 0 Å². The van der Waals surface area contributed by atoms with Crippen molar-refractivity contribution in [3.63, 3.8) is 0 Å². The number of nitrogens with zero attached hydrogens (tertiary/aromatic N) is 2. The highest BCUT2D eigenvalue weighted by Gasteiger charge is 2.33. The molecule has 0 aromatic rings. The van der Waals surface area contributed by atoms with Crippen LogP contribution in [0.2, 0.25) is 0 Å². The molecule has 2 unspecified atom stereocenters. The maximum Gasteiger partial charge on any atom is 0.0254 e. The summed E-state index contributed by atoms with van der Waals surface area (Å²) in [5.74, 6) is 0.792. The van der Waals surface area contributed by atoms with Gasteiger partial charge >= 0.3 is 0 Å². The predicted molar refractivity (Wildman–Crippen MR) is 70.8 cm³/mol. The Morgan fingerprint density at radius 3 is 2.38 bits per heavy atom. The molecule has 0 spiro atoms. The summed E-state index contributed by atoms with van der Waals surface area (Å²) in [5, 5.41) is 3.29. The molecule has 1 heterocycles. The zero-order valence-electron chi connectivity index (χ0n) is 11.9. The largest absolute Gasteiger partial charge is 0.319 e. The number of hydrogen-bond acceptors (Lipinski definition) is 3. The summed E-state index contributed by atoms with van der Waals surface area (Å²) in [6.07, 6.45) is 0. The Morgan fingerprint density at radius 1 is 1.31 bits per heavy atom. The molecular weight excluding hydrogens is 198 g/mol. The Labute approximate surface area is 101 Å². The molecule has 3 nitrogen and oxygen atoms in total. The van der Waals surface area contributed by atoms with Crippen LogP contribution >= 0.6 is 0 Å². The lowest BCUT2D eigenvalue weighted by molar-refractivity contribution is 0.192. The summed E-state index contributed by atoms with van der Waals surface area (Å²) >= 11 is 0. The monoisotopic (exact) mass is 227 g/mol. The van der Waals surface area contributed by atoms with E-state index in [1.54, 1.807) is 0 Å². The van der Waals surface area contributed by atoms with Crippen LogP contribution in [-0.4, -0.2) is 63.2 Å². The van der Waals surface area contributed by atoms with Gasteiger partial charge in [0.25, 0.3) is 0 Å². The average molecular weight is 227 g/mol. The Kier molecular flexibility index (Phi) is 4.77. The highest BCUT2D eigenvalue weighted by molar-refractivity contribution is 4.89. The molecule has 1 fully saturated rings. The van der Waals surface area contributed by atoms with Crippen LogP contribution in [0.1, 0.15) is 20.8 Å². The zero-order chi connectivity index (χ0) is 12.3. The number of rotatable bonds is 5. The quantitative estimate of drug-likeness (QED) is 0.759. The molecule has 1 aliphatic heterocycles. The third-order valence-electron chi connectivity index (χ3n) is 3.62. The highest BCUT2D eigenvalue weighted by Crippen LogP contribution is 2.24. The van der Waals surface area contributed by atoms with Gasteiger partial charge < -0.3 is 15.1 Å². The summed E-state index contributed by atoms with van der Waals surface area (Å²) < 4.78 is 0. The summed E-state index contributed by atoms with van der Waals surface area (Å²) in [7, 11) is 6.43. The number of hydrogen-bond donors (Lipinski definition) is 1. The molecule has 0 radical (unpaired) electrons. The second kappa shape index (κ2) is 5.48. The summed E-state index contributed by atoms with van der Waals surface area (Å²) in [6.45, 7) is 11.8. The molecule has 0 amide bonds. The smallest absolute Gasteiger partial charge is 0.0254 e. The third kappa shape index (κ3) is 3.72. The van der Waals surface area contributed by atoms with Crippen molar-refractivity contribution in [3.8, 4) is 0 Å². The van der Waals surface area contributed by atoms with Crippen molar-refractivity contribution in [2.24, 2.45) is 11.3 Å². The van der Waals surface area contributed by atoms with E-state index in [2.05, 4.69) is 50.0 Å². The fourth-order valence-electron chi connectivity index (χ4n) is 2.99. The van der Waals surface area contributed by atoms with Gasteiger partial charge in [-0.2, -0.15) is 0 Å². The summed E-state index contributed by atoms with van der Waals surface area (Å²) in [4.78, 5) is 4.99. The molecule has 2 atom stereocenters. The molecule has 0 aliphatic carbocycles. The first-order valence-corrected chi connectivity index (χ1v) is 6.39. The van der Waals surface area contributed by atoms with Gasteiger partial charge in [0.05, 0.1) is 0 Å². The first-order valence-electron chi connectivity index (χ1n) is 6.39. The van der Waals surface area contributed by atoms with Crippen LogP contribution in [0.25, 0.3) is 0 Å². The second-order valence-corrected chi connectivity index (χ2v) is 6.40. The summed E-state index contributed by atoms with van der Waals surface area (Å²) in [6, 6.07) is 0.727. The van der Waals surface area contributed by atoms with E-state index in [1.807, 2.05) is 7.05 Å². The fraction of sp³-hybridized carbons (Fsp3) is 1.00. The molecule has 1 N–H and O–H groups in total. The van der Waals surface area contributed by atoms with Gasteiger partial charge in [0, 0.05) is 32.2 Å². The summed E-state index contributed by atoms with van der Waals surface area (Å²) in [5.41, 5.74) is 0.371. The Morgan fingerprint density at radius 2 is 1.94 bits per heavy atom. The molecule has 0 bridgehead atoms. The maximum absolute atomic E-state index is 3.29. The Balaban J connectivity index is 2.46. The molecule has 96 valence electrons. The minimum Gasteiger partial charge on any atom is -0.319 e. The molecular formula is C13H29N3. The van der Waals surface area contributed by atoms with Gasteiger partial charge in [-0.25, -0.2) is 0 Å². The highest BCUT2D eigenvalue weighted by atomic mass is 15.2. The predicted octanol–water partition coefficient (Wildman–Crippen LogP) is 1.11. The molecule has 1 saturated heterocycles. The lowest BCUT2D eigenvalue weighted by Gasteiger charge is -2.30. The van der Waals surface area contributed by atoms with Gasteiger partial charge in [-0.15, -0.1) is 0 Å². The van der Waals surface area contributed by atoms with Gasteiger partial charge in [0.1, 0.15) is 0 Å². The maximum atomic E-state index is 3.29. The van der Waals surface area contributed by atoms with Crippen molar-refractivity contribution >= 4 is 0 Å². The normalized spacial score (nSPS) is 27.9. The van der Waals surface area contributed by atoms with Crippen molar-refractivity contribution in [2.45, 2.75) is 26.8 Å². The first kappa shape index (κ1) is 13.9. The Bertz CT molecular complexity index is 213. The van der Waals surface area contributed by atoms with E-state index in [0.29, 0.717) is 5.41 Å². The van der Waals surface area contributed by atoms with Crippen LogP contribution in [0.4, 0.5) is 0 Å². The topological polar surface area (TPSA) is 18.5 Å². The second-order valence-electron chi connectivity index (χ2n) is 6.40. The van der Waals surface area contributed by atoms with Crippen LogP contribution in [-0.2, 0) is 0 Å². The molecule has 3 heteroatoms. The number of likely N-dealkylation sites (N-methyl/N-ethyl adjacent to an activating group) is 1. The van der Waals surface area contributed by atoms with E-state index in [4.69, 9.17) is 0 Å². The SMILES string of the molecule is CNCC(C)(C)CN1CC(C)C(N(C)C)C1. The molecule has 0 aromatic heterocycles. The van der Waals surface area contributed by atoms with Crippen molar-refractivity contribution in [1.29, 1.82) is 0 Å². The van der Waals surface area contributed by atoms with Gasteiger partial charge in [-0.1, -0.05) is 20.8 Å². The minimum atomic E-state index is 0.371. The van der Waals surface area contributed by atoms with Crippen LogP contribution in [0.5, 0.6) is 0 Å². The van der Waals surface area contributed by atoms with Gasteiger partial charge in [0.15, 0.2) is 0 Å². The van der Waals surface area contributed by atoms with Gasteiger partial charge in [0.2, 0.25) is 0 Å². The molecule has 0 saturated carbocycles. The fourth-order valence-corrected chi connectivity index (χ4v) is 2.99. The van der Waals surface area contributed by atoms with Crippen molar-refractivity contribution < 1.29 is 0 Å². The van der Waals surface area contributed by atoms with Crippen molar-refractivity contribution in [2.75, 3.05) is 47.3 Å². The number of nitrogens with one attached hydrogen (secondary N) is 1. The van der Waals surface area contributed by atoms with Crippen LogP contribution < -0.4 is 5.32 Å².